The lowest BCUT2D eigenvalue weighted by Crippen LogP contribution is -2.29. The Morgan fingerprint density at radius 3 is 2.55 bits per heavy atom. The Bertz CT molecular complexity index is 1080. The molecular formula is C21H21N3O4S. The van der Waals surface area contributed by atoms with Crippen LogP contribution in [0.4, 0.5) is 5.69 Å². The molecule has 0 saturated heterocycles. The van der Waals surface area contributed by atoms with Crippen LogP contribution in [0.3, 0.4) is 0 Å². The molecule has 0 unspecified atom stereocenters. The average molecular weight is 411 g/mol. The first kappa shape index (κ1) is 20.5. The summed E-state index contributed by atoms with van der Waals surface area (Å²) >= 11 is 1.53. The SMILES string of the molecule is COc1ccc(-c2ccc(=O)n(CC(=O)Nc3ccccc3SC)n2)cc1OC. The third-order valence-electron chi connectivity index (χ3n) is 4.22. The Balaban J connectivity index is 1.84. The molecule has 8 heteroatoms. The second kappa shape index (κ2) is 9.29. The van der Waals surface area contributed by atoms with Crippen LogP contribution in [-0.2, 0) is 11.3 Å². The fourth-order valence-corrected chi connectivity index (χ4v) is 3.34. The van der Waals surface area contributed by atoms with Gasteiger partial charge >= 0.3 is 0 Å². The smallest absolute Gasteiger partial charge is 0.267 e. The van der Waals surface area contributed by atoms with Crippen LogP contribution in [0.25, 0.3) is 11.3 Å². The molecule has 1 amide bonds. The fraction of sp³-hybridized carbons (Fsp3) is 0.190. The topological polar surface area (TPSA) is 82.5 Å². The van der Waals surface area contributed by atoms with Crippen LogP contribution in [0.15, 0.2) is 64.3 Å². The van der Waals surface area contributed by atoms with Gasteiger partial charge in [0.15, 0.2) is 11.5 Å². The lowest BCUT2D eigenvalue weighted by atomic mass is 10.1. The van der Waals surface area contributed by atoms with E-state index in [1.54, 1.807) is 32.4 Å². The van der Waals surface area contributed by atoms with E-state index in [9.17, 15) is 9.59 Å². The van der Waals surface area contributed by atoms with Crippen molar-refractivity contribution in [1.82, 2.24) is 9.78 Å². The number of methoxy groups -OCH3 is 2. The molecule has 0 saturated carbocycles. The molecular weight excluding hydrogens is 390 g/mol. The van der Waals surface area contributed by atoms with Crippen molar-refractivity contribution >= 4 is 23.4 Å². The zero-order valence-corrected chi connectivity index (χ0v) is 17.2. The summed E-state index contributed by atoms with van der Waals surface area (Å²) in [5, 5.41) is 7.17. The molecule has 0 aliphatic rings. The molecule has 1 N–H and O–H groups in total. The number of anilines is 1. The summed E-state index contributed by atoms with van der Waals surface area (Å²) in [6.45, 7) is -0.192. The van der Waals surface area contributed by atoms with Crippen molar-refractivity contribution in [2.24, 2.45) is 0 Å². The van der Waals surface area contributed by atoms with Gasteiger partial charge in [0.25, 0.3) is 5.56 Å². The largest absolute Gasteiger partial charge is 0.493 e. The van der Waals surface area contributed by atoms with Crippen molar-refractivity contribution in [2.75, 3.05) is 25.8 Å². The van der Waals surface area contributed by atoms with Gasteiger partial charge < -0.3 is 14.8 Å². The molecule has 3 aromatic rings. The van der Waals surface area contributed by atoms with Gasteiger partial charge in [0, 0.05) is 16.5 Å². The Hall–Kier alpha value is -3.26. The van der Waals surface area contributed by atoms with Gasteiger partial charge in [-0.15, -0.1) is 11.8 Å². The molecule has 1 heterocycles. The maximum absolute atomic E-state index is 12.5. The highest BCUT2D eigenvalue weighted by Gasteiger charge is 2.12. The highest BCUT2D eigenvalue weighted by Crippen LogP contribution is 2.31. The number of carbonyl (C=O) groups excluding carboxylic acids is 1. The summed E-state index contributed by atoms with van der Waals surface area (Å²) in [6.07, 6.45) is 1.93. The Labute approximate surface area is 172 Å². The number of benzene rings is 2. The summed E-state index contributed by atoms with van der Waals surface area (Å²) in [5.41, 5.74) is 1.63. The van der Waals surface area contributed by atoms with Gasteiger partial charge in [0.2, 0.25) is 5.91 Å². The molecule has 0 aliphatic heterocycles. The maximum Gasteiger partial charge on any atom is 0.267 e. The number of carbonyl (C=O) groups is 1. The number of thioether (sulfide) groups is 1. The number of amides is 1. The summed E-state index contributed by atoms with van der Waals surface area (Å²) in [5.74, 6) is 0.818. The van der Waals surface area contributed by atoms with Crippen molar-refractivity contribution in [2.45, 2.75) is 11.4 Å². The number of para-hydroxylation sites is 1. The van der Waals surface area contributed by atoms with Gasteiger partial charge in [-0.3, -0.25) is 9.59 Å². The third kappa shape index (κ3) is 4.78. The van der Waals surface area contributed by atoms with Crippen LogP contribution < -0.4 is 20.3 Å². The number of hydrogen-bond acceptors (Lipinski definition) is 6. The van der Waals surface area contributed by atoms with E-state index in [1.165, 1.54) is 17.8 Å². The minimum Gasteiger partial charge on any atom is -0.493 e. The number of nitrogens with one attached hydrogen (secondary N) is 1. The zero-order valence-electron chi connectivity index (χ0n) is 16.3. The lowest BCUT2D eigenvalue weighted by Gasteiger charge is -2.12. The van der Waals surface area contributed by atoms with Gasteiger partial charge in [0.1, 0.15) is 6.54 Å². The molecule has 2 aromatic carbocycles. The van der Waals surface area contributed by atoms with E-state index in [1.807, 2.05) is 36.6 Å². The minimum absolute atomic E-state index is 0.192. The van der Waals surface area contributed by atoms with Gasteiger partial charge in [-0.05, 0) is 42.7 Å². The highest BCUT2D eigenvalue weighted by atomic mass is 32.2. The standard InChI is InChI=1S/C21H21N3O4S/c1-27-17-10-8-14(12-18(17)28-2)15-9-11-21(26)24(23-15)13-20(25)22-16-6-4-5-7-19(16)29-3/h4-12H,13H2,1-3H3,(H,22,25). The quantitative estimate of drug-likeness (QED) is 0.601. The second-order valence-corrected chi connectivity index (χ2v) is 6.88. The lowest BCUT2D eigenvalue weighted by molar-refractivity contribution is -0.117. The second-order valence-electron chi connectivity index (χ2n) is 6.03. The summed E-state index contributed by atoms with van der Waals surface area (Å²) in [7, 11) is 3.11. The molecule has 0 atom stereocenters. The molecule has 0 fully saturated rings. The van der Waals surface area contributed by atoms with E-state index in [0.717, 1.165) is 15.1 Å². The fourth-order valence-electron chi connectivity index (χ4n) is 2.79. The van der Waals surface area contributed by atoms with Crippen molar-refractivity contribution in [3.05, 3.63) is 65.0 Å². The number of rotatable bonds is 7. The number of aromatic nitrogens is 2. The van der Waals surface area contributed by atoms with E-state index in [-0.39, 0.29) is 18.0 Å². The van der Waals surface area contributed by atoms with Crippen LogP contribution in [0.5, 0.6) is 11.5 Å². The van der Waals surface area contributed by atoms with Crippen molar-refractivity contribution in [3.63, 3.8) is 0 Å². The van der Waals surface area contributed by atoms with Crippen molar-refractivity contribution < 1.29 is 14.3 Å². The Morgan fingerprint density at radius 2 is 1.83 bits per heavy atom. The number of hydrogen-bond donors (Lipinski definition) is 1. The van der Waals surface area contributed by atoms with Gasteiger partial charge in [-0.2, -0.15) is 5.10 Å². The molecule has 1 aromatic heterocycles. The first-order valence-corrected chi connectivity index (χ1v) is 10.0. The van der Waals surface area contributed by atoms with E-state index in [4.69, 9.17) is 9.47 Å². The predicted molar refractivity (Wildman–Crippen MR) is 114 cm³/mol. The van der Waals surface area contributed by atoms with E-state index >= 15 is 0 Å². The molecule has 0 radical (unpaired) electrons. The van der Waals surface area contributed by atoms with Crippen LogP contribution >= 0.6 is 11.8 Å². The van der Waals surface area contributed by atoms with Gasteiger partial charge in [0.05, 0.1) is 25.6 Å². The molecule has 150 valence electrons. The molecule has 0 bridgehead atoms. The zero-order chi connectivity index (χ0) is 20.8. The van der Waals surface area contributed by atoms with Crippen molar-refractivity contribution in [1.29, 1.82) is 0 Å². The van der Waals surface area contributed by atoms with Crippen LogP contribution in [0, 0.1) is 0 Å². The third-order valence-corrected chi connectivity index (χ3v) is 5.02. The summed E-state index contributed by atoms with van der Waals surface area (Å²) < 4.78 is 11.7. The first-order chi connectivity index (χ1) is 14.0. The normalized spacial score (nSPS) is 10.4. The monoisotopic (exact) mass is 411 g/mol. The predicted octanol–water partition coefficient (Wildman–Crippen LogP) is 3.29. The molecule has 0 aliphatic carbocycles. The van der Waals surface area contributed by atoms with Gasteiger partial charge in [-0.25, -0.2) is 4.68 Å². The Morgan fingerprint density at radius 1 is 1.07 bits per heavy atom. The first-order valence-electron chi connectivity index (χ1n) is 8.79. The summed E-state index contributed by atoms with van der Waals surface area (Å²) in [4.78, 5) is 25.6. The highest BCUT2D eigenvalue weighted by molar-refractivity contribution is 7.98. The molecule has 3 rings (SSSR count). The average Bonchev–Trinajstić information content (AvgIpc) is 2.75. The van der Waals surface area contributed by atoms with Crippen LogP contribution in [0.1, 0.15) is 0 Å². The number of nitrogens with zero attached hydrogens (tertiary/aromatic N) is 2. The maximum atomic E-state index is 12.5. The Kier molecular flexibility index (Phi) is 6.56. The minimum atomic E-state index is -0.359. The van der Waals surface area contributed by atoms with Crippen molar-refractivity contribution in [3.8, 4) is 22.8 Å². The van der Waals surface area contributed by atoms with Crippen LogP contribution in [-0.4, -0.2) is 36.2 Å². The van der Waals surface area contributed by atoms with Gasteiger partial charge in [-0.1, -0.05) is 12.1 Å². The van der Waals surface area contributed by atoms with E-state index in [2.05, 4.69) is 10.4 Å². The summed E-state index contributed by atoms with van der Waals surface area (Å²) in [6, 6.07) is 15.8. The van der Waals surface area contributed by atoms with E-state index in [0.29, 0.717) is 22.9 Å². The number of ether oxygens (including phenoxy) is 2. The van der Waals surface area contributed by atoms with E-state index < -0.39 is 0 Å². The molecule has 0 spiro atoms. The van der Waals surface area contributed by atoms with Crippen LogP contribution in [0.2, 0.25) is 0 Å². The molecule has 29 heavy (non-hydrogen) atoms. The molecule has 7 nitrogen and oxygen atoms in total.